The van der Waals surface area contributed by atoms with Crippen LogP contribution in [-0.4, -0.2) is 39.4 Å². The summed E-state index contributed by atoms with van der Waals surface area (Å²) in [4.78, 5) is 7.35. The number of aliphatic hydroxyl groups is 2. The quantitative estimate of drug-likeness (QED) is 0.528. The van der Waals surface area contributed by atoms with E-state index in [0.29, 0.717) is 12.1 Å². The number of nitrogens with one attached hydrogen (secondary N) is 1. The number of alkyl halides is 2. The standard InChI is InChI=1S/C14H12ClF4N3O2.CH4/c15-8-2-9(16)7(1-10(8)17)14-21-11(13(18)19)3-12(22-14)20-4-6(24)5-23;/h1-3,6,13,23-24H,4-5H2,(H,20,21,22);1H4/t6-;/m1./s1. The van der Waals surface area contributed by atoms with Crippen LogP contribution >= 0.6 is 11.6 Å². The monoisotopic (exact) mass is 381 g/mol. The molecule has 0 saturated carbocycles. The van der Waals surface area contributed by atoms with Gasteiger partial charge in [0.05, 0.1) is 23.3 Å². The molecule has 1 aromatic carbocycles. The smallest absolute Gasteiger partial charge is 0.280 e. The predicted molar refractivity (Wildman–Crippen MR) is 85.7 cm³/mol. The van der Waals surface area contributed by atoms with Gasteiger partial charge in [-0.1, -0.05) is 19.0 Å². The van der Waals surface area contributed by atoms with E-state index in [-0.39, 0.29) is 19.8 Å². The fourth-order valence-corrected chi connectivity index (χ4v) is 1.92. The zero-order chi connectivity index (χ0) is 17.9. The number of aliphatic hydroxyl groups excluding tert-OH is 2. The Hall–Kier alpha value is -1.97. The Bertz CT molecular complexity index is 734. The molecule has 0 radical (unpaired) electrons. The van der Waals surface area contributed by atoms with Crippen molar-refractivity contribution in [1.82, 2.24) is 9.97 Å². The van der Waals surface area contributed by atoms with Crippen molar-refractivity contribution < 1.29 is 27.8 Å². The molecule has 1 atom stereocenters. The molecular formula is C15H16ClF4N3O2. The summed E-state index contributed by atoms with van der Waals surface area (Å²) in [6.07, 6.45) is -4.13. The molecule has 0 unspecified atom stereocenters. The number of hydrogen-bond acceptors (Lipinski definition) is 5. The molecule has 5 nitrogen and oxygen atoms in total. The molecule has 0 bridgehead atoms. The second-order valence-electron chi connectivity index (χ2n) is 4.77. The van der Waals surface area contributed by atoms with Crippen LogP contribution in [0.15, 0.2) is 18.2 Å². The highest BCUT2D eigenvalue weighted by Crippen LogP contribution is 2.28. The van der Waals surface area contributed by atoms with E-state index >= 15 is 0 Å². The van der Waals surface area contributed by atoms with Gasteiger partial charge in [0.1, 0.15) is 23.1 Å². The topological polar surface area (TPSA) is 78.3 Å². The third-order valence-electron chi connectivity index (χ3n) is 2.95. The first-order chi connectivity index (χ1) is 11.3. The van der Waals surface area contributed by atoms with Gasteiger partial charge in [-0.2, -0.15) is 0 Å². The third-order valence-corrected chi connectivity index (χ3v) is 3.24. The molecule has 1 heterocycles. The molecule has 0 aliphatic carbocycles. The molecule has 138 valence electrons. The van der Waals surface area contributed by atoms with Crippen molar-refractivity contribution >= 4 is 17.4 Å². The number of anilines is 1. The van der Waals surface area contributed by atoms with Gasteiger partial charge >= 0.3 is 0 Å². The summed E-state index contributed by atoms with van der Waals surface area (Å²) in [6, 6.07) is 2.30. The van der Waals surface area contributed by atoms with Gasteiger partial charge in [-0.05, 0) is 12.1 Å². The lowest BCUT2D eigenvalue weighted by Gasteiger charge is -2.12. The predicted octanol–water partition coefficient (Wildman–Crippen LogP) is 3.41. The molecular weight excluding hydrogens is 366 g/mol. The van der Waals surface area contributed by atoms with E-state index in [9.17, 15) is 22.7 Å². The Kier molecular flexibility index (Phi) is 7.53. The molecule has 0 fully saturated rings. The lowest BCUT2D eigenvalue weighted by molar-refractivity contribution is 0.105. The summed E-state index contributed by atoms with van der Waals surface area (Å²) in [5, 5.41) is 20.0. The molecule has 0 aliphatic heterocycles. The third kappa shape index (κ3) is 5.25. The minimum atomic E-state index is -2.98. The van der Waals surface area contributed by atoms with Crippen molar-refractivity contribution in [3.8, 4) is 11.4 Å². The van der Waals surface area contributed by atoms with Gasteiger partial charge in [-0.15, -0.1) is 0 Å². The first-order valence-corrected chi connectivity index (χ1v) is 7.04. The van der Waals surface area contributed by atoms with Crippen LogP contribution in [0.5, 0.6) is 0 Å². The van der Waals surface area contributed by atoms with E-state index in [1.54, 1.807) is 0 Å². The zero-order valence-corrected chi connectivity index (χ0v) is 12.7. The fourth-order valence-electron chi connectivity index (χ4n) is 1.77. The normalized spacial score (nSPS) is 12.0. The summed E-state index contributed by atoms with van der Waals surface area (Å²) < 4.78 is 53.4. The number of aromatic nitrogens is 2. The van der Waals surface area contributed by atoms with Crippen molar-refractivity contribution in [1.29, 1.82) is 0 Å². The molecule has 1 aromatic heterocycles. The highest BCUT2D eigenvalue weighted by atomic mass is 35.5. The lowest BCUT2D eigenvalue weighted by atomic mass is 10.2. The van der Waals surface area contributed by atoms with Crippen LogP contribution in [0.3, 0.4) is 0 Å². The van der Waals surface area contributed by atoms with Gasteiger partial charge < -0.3 is 15.5 Å². The van der Waals surface area contributed by atoms with E-state index in [0.717, 1.165) is 6.07 Å². The average molecular weight is 382 g/mol. The highest BCUT2D eigenvalue weighted by molar-refractivity contribution is 6.30. The van der Waals surface area contributed by atoms with Crippen LogP contribution in [-0.2, 0) is 0 Å². The van der Waals surface area contributed by atoms with Gasteiger partial charge in [0.15, 0.2) is 5.82 Å². The average Bonchev–Trinajstić information content (AvgIpc) is 2.55. The van der Waals surface area contributed by atoms with E-state index < -0.39 is 52.9 Å². The van der Waals surface area contributed by atoms with Crippen LogP contribution in [0.1, 0.15) is 19.5 Å². The second-order valence-corrected chi connectivity index (χ2v) is 5.17. The van der Waals surface area contributed by atoms with Crippen LogP contribution in [0.2, 0.25) is 5.02 Å². The Morgan fingerprint density at radius 2 is 1.80 bits per heavy atom. The van der Waals surface area contributed by atoms with Crippen LogP contribution in [0.25, 0.3) is 11.4 Å². The molecule has 2 aromatic rings. The summed E-state index contributed by atoms with van der Waals surface area (Å²) >= 11 is 5.45. The highest BCUT2D eigenvalue weighted by Gasteiger charge is 2.18. The molecule has 2 rings (SSSR count). The van der Waals surface area contributed by atoms with Gasteiger partial charge in [0, 0.05) is 12.6 Å². The number of halogens is 5. The molecule has 0 amide bonds. The van der Waals surface area contributed by atoms with Crippen molar-refractivity contribution in [2.75, 3.05) is 18.5 Å². The van der Waals surface area contributed by atoms with E-state index in [1.807, 2.05) is 0 Å². The summed E-state index contributed by atoms with van der Waals surface area (Å²) in [6.45, 7) is -0.739. The minimum absolute atomic E-state index is 0. The van der Waals surface area contributed by atoms with Gasteiger partial charge in [-0.25, -0.2) is 27.5 Å². The molecule has 3 N–H and O–H groups in total. The van der Waals surface area contributed by atoms with Crippen molar-refractivity contribution in [2.45, 2.75) is 20.0 Å². The number of hydrogen-bond donors (Lipinski definition) is 3. The molecule has 0 aliphatic rings. The number of rotatable bonds is 6. The maximum absolute atomic E-state index is 13.9. The molecule has 0 spiro atoms. The maximum Gasteiger partial charge on any atom is 0.280 e. The van der Waals surface area contributed by atoms with E-state index in [2.05, 4.69) is 15.3 Å². The number of nitrogens with zero attached hydrogens (tertiary/aromatic N) is 2. The Balaban J connectivity index is 0.00000312. The first-order valence-electron chi connectivity index (χ1n) is 6.66. The fraction of sp³-hybridized carbons (Fsp3) is 0.333. The first kappa shape index (κ1) is 21.1. The van der Waals surface area contributed by atoms with Crippen LogP contribution in [0.4, 0.5) is 23.4 Å². The SMILES string of the molecule is C.OC[C@H](O)CNc1cc(C(F)F)nc(-c2cc(F)c(Cl)cc2F)n1. The van der Waals surface area contributed by atoms with Crippen molar-refractivity contribution in [3.05, 3.63) is 40.6 Å². The van der Waals surface area contributed by atoms with E-state index in [1.165, 1.54) is 0 Å². The Morgan fingerprint density at radius 3 is 2.40 bits per heavy atom. The maximum atomic E-state index is 13.9. The Morgan fingerprint density at radius 1 is 1.12 bits per heavy atom. The van der Waals surface area contributed by atoms with E-state index in [4.69, 9.17) is 16.7 Å². The van der Waals surface area contributed by atoms with Gasteiger partial charge in [0.25, 0.3) is 6.43 Å². The summed E-state index contributed by atoms with van der Waals surface area (Å²) in [5.41, 5.74) is -1.15. The summed E-state index contributed by atoms with van der Waals surface area (Å²) in [7, 11) is 0. The van der Waals surface area contributed by atoms with Gasteiger partial charge in [0.2, 0.25) is 0 Å². The van der Waals surface area contributed by atoms with Crippen molar-refractivity contribution in [3.63, 3.8) is 0 Å². The molecule has 10 heteroatoms. The minimum Gasteiger partial charge on any atom is -0.394 e. The number of benzene rings is 1. The lowest BCUT2D eigenvalue weighted by Crippen LogP contribution is -2.23. The van der Waals surface area contributed by atoms with Crippen LogP contribution in [0, 0.1) is 11.6 Å². The largest absolute Gasteiger partial charge is 0.394 e. The van der Waals surface area contributed by atoms with Crippen molar-refractivity contribution in [2.24, 2.45) is 0 Å². The summed E-state index contributed by atoms with van der Waals surface area (Å²) in [5.74, 6) is -2.54. The molecule has 25 heavy (non-hydrogen) atoms. The zero-order valence-electron chi connectivity index (χ0n) is 12.0. The molecule has 0 saturated heterocycles. The van der Waals surface area contributed by atoms with Gasteiger partial charge in [-0.3, -0.25) is 0 Å². The second kappa shape index (κ2) is 8.93. The van der Waals surface area contributed by atoms with Crippen LogP contribution < -0.4 is 5.32 Å². The Labute approximate surface area is 146 Å².